The van der Waals surface area contributed by atoms with Crippen LogP contribution in [-0.2, 0) is 14.2 Å². The van der Waals surface area contributed by atoms with Crippen LogP contribution >= 0.6 is 0 Å². The molecule has 3 heteroatoms. The zero-order valence-electron chi connectivity index (χ0n) is 9.12. The monoisotopic (exact) mass is 200 g/mol. The second-order valence-electron chi connectivity index (χ2n) is 3.74. The molecule has 0 radical (unpaired) electrons. The van der Waals surface area contributed by atoms with Gasteiger partial charge in [-0.3, -0.25) is 0 Å². The highest BCUT2D eigenvalue weighted by atomic mass is 16.7. The van der Waals surface area contributed by atoms with Crippen molar-refractivity contribution >= 4 is 0 Å². The van der Waals surface area contributed by atoms with E-state index >= 15 is 0 Å². The number of hydrogen-bond acceptors (Lipinski definition) is 3. The van der Waals surface area contributed by atoms with Crippen LogP contribution in [0.25, 0.3) is 0 Å². The van der Waals surface area contributed by atoms with Gasteiger partial charge in [-0.2, -0.15) is 0 Å². The average Bonchev–Trinajstić information content (AvgIpc) is 2.15. The van der Waals surface area contributed by atoms with Crippen molar-refractivity contribution in [3.63, 3.8) is 0 Å². The standard InChI is InChI=1S/C11H20O3/c1-4-6-11(7-5-8-11)14-9-10(12-2)13-3/h4,10H,1,5-9H2,2-3H3. The Morgan fingerprint density at radius 2 is 2.00 bits per heavy atom. The van der Waals surface area contributed by atoms with Crippen molar-refractivity contribution in [3.05, 3.63) is 12.7 Å². The molecule has 0 heterocycles. The van der Waals surface area contributed by atoms with E-state index in [4.69, 9.17) is 14.2 Å². The third-order valence-corrected chi connectivity index (χ3v) is 2.83. The summed E-state index contributed by atoms with van der Waals surface area (Å²) >= 11 is 0. The smallest absolute Gasteiger partial charge is 0.180 e. The molecule has 14 heavy (non-hydrogen) atoms. The molecule has 0 atom stereocenters. The van der Waals surface area contributed by atoms with Crippen LogP contribution in [0.1, 0.15) is 25.7 Å². The van der Waals surface area contributed by atoms with Crippen molar-refractivity contribution in [1.82, 2.24) is 0 Å². The zero-order chi connectivity index (χ0) is 10.4. The Kier molecular flexibility index (Phi) is 4.58. The molecule has 0 spiro atoms. The SMILES string of the molecule is C=CCC1(OCC(OC)OC)CCC1. The van der Waals surface area contributed by atoms with Gasteiger partial charge >= 0.3 is 0 Å². The maximum Gasteiger partial charge on any atom is 0.180 e. The normalized spacial score (nSPS) is 19.4. The van der Waals surface area contributed by atoms with Gasteiger partial charge in [-0.1, -0.05) is 6.08 Å². The molecule has 0 bridgehead atoms. The lowest BCUT2D eigenvalue weighted by molar-refractivity contribution is -0.189. The minimum atomic E-state index is -0.253. The lowest BCUT2D eigenvalue weighted by Crippen LogP contribution is -2.42. The van der Waals surface area contributed by atoms with Gasteiger partial charge in [-0.15, -0.1) is 6.58 Å². The predicted octanol–water partition coefficient (Wildman–Crippen LogP) is 2.12. The van der Waals surface area contributed by atoms with Crippen LogP contribution in [0.3, 0.4) is 0 Å². The van der Waals surface area contributed by atoms with Gasteiger partial charge in [0.05, 0.1) is 12.2 Å². The van der Waals surface area contributed by atoms with E-state index in [0.29, 0.717) is 6.61 Å². The molecule has 0 amide bonds. The van der Waals surface area contributed by atoms with Gasteiger partial charge in [-0.05, 0) is 25.7 Å². The Bertz CT molecular complexity index is 171. The highest BCUT2D eigenvalue weighted by Gasteiger charge is 2.37. The fourth-order valence-electron chi connectivity index (χ4n) is 1.72. The molecule has 1 fully saturated rings. The molecule has 0 aromatic heterocycles. The van der Waals surface area contributed by atoms with Crippen LogP contribution in [-0.4, -0.2) is 32.7 Å². The minimum Gasteiger partial charge on any atom is -0.369 e. The molecular formula is C11H20O3. The first-order valence-corrected chi connectivity index (χ1v) is 5.07. The van der Waals surface area contributed by atoms with Crippen molar-refractivity contribution in [1.29, 1.82) is 0 Å². The number of hydrogen-bond donors (Lipinski definition) is 0. The summed E-state index contributed by atoms with van der Waals surface area (Å²) in [7, 11) is 3.25. The molecule has 1 aliphatic rings. The van der Waals surface area contributed by atoms with Crippen molar-refractivity contribution < 1.29 is 14.2 Å². The Labute approximate surface area is 86.0 Å². The Morgan fingerprint density at radius 3 is 2.36 bits per heavy atom. The van der Waals surface area contributed by atoms with E-state index in [-0.39, 0.29) is 11.9 Å². The van der Waals surface area contributed by atoms with Crippen molar-refractivity contribution in [2.75, 3.05) is 20.8 Å². The fraction of sp³-hybridized carbons (Fsp3) is 0.818. The summed E-state index contributed by atoms with van der Waals surface area (Å²) in [5.41, 5.74) is 0.0249. The zero-order valence-corrected chi connectivity index (χ0v) is 9.12. The minimum absolute atomic E-state index is 0.0249. The fourth-order valence-corrected chi connectivity index (χ4v) is 1.72. The van der Waals surface area contributed by atoms with E-state index in [1.54, 1.807) is 14.2 Å². The molecule has 1 saturated carbocycles. The maximum absolute atomic E-state index is 5.83. The van der Waals surface area contributed by atoms with Crippen molar-refractivity contribution in [2.45, 2.75) is 37.6 Å². The summed E-state index contributed by atoms with van der Waals surface area (Å²) < 4.78 is 16.0. The average molecular weight is 200 g/mol. The Morgan fingerprint density at radius 1 is 1.36 bits per heavy atom. The predicted molar refractivity (Wildman–Crippen MR) is 55.2 cm³/mol. The summed E-state index contributed by atoms with van der Waals surface area (Å²) in [6, 6.07) is 0. The second kappa shape index (κ2) is 5.49. The molecule has 0 unspecified atom stereocenters. The highest BCUT2D eigenvalue weighted by Crippen LogP contribution is 2.38. The summed E-state index contributed by atoms with van der Waals surface area (Å²) in [6.45, 7) is 4.25. The number of rotatable bonds is 7. The van der Waals surface area contributed by atoms with Crippen LogP contribution in [0.5, 0.6) is 0 Å². The van der Waals surface area contributed by atoms with E-state index in [1.807, 2.05) is 6.08 Å². The Balaban J connectivity index is 2.29. The summed E-state index contributed by atoms with van der Waals surface area (Å²) in [5, 5.41) is 0. The van der Waals surface area contributed by atoms with Gasteiger partial charge in [0.1, 0.15) is 0 Å². The van der Waals surface area contributed by atoms with Crippen LogP contribution in [0.15, 0.2) is 12.7 Å². The van der Waals surface area contributed by atoms with Gasteiger partial charge in [0.2, 0.25) is 0 Å². The first-order valence-electron chi connectivity index (χ1n) is 5.07. The van der Waals surface area contributed by atoms with Crippen LogP contribution in [0.4, 0.5) is 0 Å². The van der Waals surface area contributed by atoms with Gasteiger partial charge < -0.3 is 14.2 Å². The largest absolute Gasteiger partial charge is 0.369 e. The molecule has 0 N–H and O–H groups in total. The first-order chi connectivity index (χ1) is 6.76. The first kappa shape index (κ1) is 11.7. The van der Waals surface area contributed by atoms with Gasteiger partial charge in [-0.25, -0.2) is 0 Å². The van der Waals surface area contributed by atoms with Crippen molar-refractivity contribution in [3.8, 4) is 0 Å². The van der Waals surface area contributed by atoms with Crippen LogP contribution in [0.2, 0.25) is 0 Å². The molecule has 1 aliphatic carbocycles. The van der Waals surface area contributed by atoms with Gasteiger partial charge in [0, 0.05) is 14.2 Å². The van der Waals surface area contributed by atoms with E-state index in [9.17, 15) is 0 Å². The molecule has 3 nitrogen and oxygen atoms in total. The number of ether oxygens (including phenoxy) is 3. The van der Waals surface area contributed by atoms with Crippen LogP contribution in [0, 0.1) is 0 Å². The second-order valence-corrected chi connectivity index (χ2v) is 3.74. The lowest BCUT2D eigenvalue weighted by atomic mass is 9.77. The topological polar surface area (TPSA) is 27.7 Å². The van der Waals surface area contributed by atoms with E-state index in [0.717, 1.165) is 19.3 Å². The van der Waals surface area contributed by atoms with Crippen LogP contribution < -0.4 is 0 Å². The van der Waals surface area contributed by atoms with Crippen molar-refractivity contribution in [2.24, 2.45) is 0 Å². The third kappa shape index (κ3) is 2.80. The molecule has 82 valence electrons. The summed E-state index contributed by atoms with van der Waals surface area (Å²) in [4.78, 5) is 0. The summed E-state index contributed by atoms with van der Waals surface area (Å²) in [6.07, 6.45) is 6.09. The lowest BCUT2D eigenvalue weighted by Gasteiger charge is -2.41. The molecular weight excluding hydrogens is 180 g/mol. The number of methoxy groups -OCH3 is 2. The molecule has 0 aliphatic heterocycles. The highest BCUT2D eigenvalue weighted by molar-refractivity contribution is 4.95. The third-order valence-electron chi connectivity index (χ3n) is 2.83. The Hall–Kier alpha value is -0.380. The van der Waals surface area contributed by atoms with Gasteiger partial charge in [0.15, 0.2) is 6.29 Å². The molecule has 1 rings (SSSR count). The molecule has 0 saturated heterocycles. The summed E-state index contributed by atoms with van der Waals surface area (Å²) in [5.74, 6) is 0. The molecule has 0 aromatic rings. The maximum atomic E-state index is 5.83. The van der Waals surface area contributed by atoms with E-state index < -0.39 is 0 Å². The van der Waals surface area contributed by atoms with E-state index in [1.165, 1.54) is 6.42 Å². The quantitative estimate of drug-likeness (QED) is 0.465. The van der Waals surface area contributed by atoms with Gasteiger partial charge in [0.25, 0.3) is 0 Å². The van der Waals surface area contributed by atoms with E-state index in [2.05, 4.69) is 6.58 Å². The molecule has 0 aromatic carbocycles.